The van der Waals surface area contributed by atoms with Gasteiger partial charge in [-0.05, 0) is 64.2 Å². The minimum Gasteiger partial charge on any atom is -0.394 e. The predicted molar refractivity (Wildman–Crippen MR) is 273 cm³/mol. The van der Waals surface area contributed by atoms with Gasteiger partial charge in [-0.2, -0.15) is 0 Å². The van der Waals surface area contributed by atoms with Crippen LogP contribution in [0, 0.1) is 0 Å². The Morgan fingerprint density at radius 3 is 1.13 bits per heavy atom. The van der Waals surface area contributed by atoms with Gasteiger partial charge in [0.2, 0.25) is 5.91 Å². The summed E-state index contributed by atoms with van der Waals surface area (Å²) in [7, 11) is 0. The molecule has 0 rings (SSSR count). The number of aliphatic hydroxyl groups is 3. The van der Waals surface area contributed by atoms with Gasteiger partial charge in [-0.1, -0.05) is 262 Å². The molecular weight excluding hydrogens is 763 g/mol. The third-order valence-electron chi connectivity index (χ3n) is 12.6. The fourth-order valence-electron chi connectivity index (χ4n) is 8.39. The molecule has 0 radical (unpaired) electrons. The zero-order valence-corrected chi connectivity index (χ0v) is 41.5. The third kappa shape index (κ3) is 47.8. The van der Waals surface area contributed by atoms with E-state index >= 15 is 0 Å². The number of aliphatic hydroxyl groups excluding tert-OH is 3. The number of rotatable bonds is 50. The van der Waals surface area contributed by atoms with Crippen molar-refractivity contribution in [3.05, 3.63) is 48.6 Å². The summed E-state index contributed by atoms with van der Waals surface area (Å²) in [5, 5.41) is 33.2. The molecule has 0 aliphatic carbocycles. The molecule has 5 heteroatoms. The van der Waals surface area contributed by atoms with Crippen LogP contribution in [-0.2, 0) is 4.79 Å². The lowest BCUT2D eigenvalue weighted by Gasteiger charge is -2.21. The van der Waals surface area contributed by atoms with Crippen molar-refractivity contribution in [2.75, 3.05) is 6.61 Å². The van der Waals surface area contributed by atoms with E-state index in [0.717, 1.165) is 38.5 Å². The van der Waals surface area contributed by atoms with Gasteiger partial charge in [0.25, 0.3) is 0 Å². The van der Waals surface area contributed by atoms with Crippen molar-refractivity contribution in [1.29, 1.82) is 0 Å². The first-order valence-electron chi connectivity index (χ1n) is 27.4. The van der Waals surface area contributed by atoms with Crippen LogP contribution < -0.4 is 5.32 Å². The molecule has 4 N–H and O–H groups in total. The summed E-state index contributed by atoms with van der Waals surface area (Å²) < 4.78 is 0. The van der Waals surface area contributed by atoms with Crippen LogP contribution >= 0.6 is 0 Å². The van der Waals surface area contributed by atoms with Crippen LogP contribution in [0.2, 0.25) is 0 Å². The topological polar surface area (TPSA) is 89.8 Å². The van der Waals surface area contributed by atoms with E-state index in [4.69, 9.17) is 0 Å². The van der Waals surface area contributed by atoms with Gasteiger partial charge in [0, 0.05) is 0 Å². The molecule has 5 nitrogen and oxygen atoms in total. The summed E-state index contributed by atoms with van der Waals surface area (Å²) in [6.07, 6.45) is 68.9. The van der Waals surface area contributed by atoms with Gasteiger partial charge in [-0.3, -0.25) is 4.79 Å². The standard InChI is InChI=1S/C57H107NO4/c1-3-5-7-9-11-13-15-17-18-19-20-21-22-23-24-25-26-27-28-29-30-31-32-33-34-35-36-37-38-39-40-42-44-46-48-50-54(60)52-57(62)58-55(53-59)56(61)51-49-47-45-43-41-16-14-12-10-8-6-4-2/h24-25,27-28,41,43,49,51,54-56,59-61H,3-23,26,29-40,42,44-48,50,52-53H2,1-2H3,(H,58,62)/b25-24-,28-27-,43-41+,51-49+. The van der Waals surface area contributed by atoms with Crippen LogP contribution in [0.3, 0.4) is 0 Å². The van der Waals surface area contributed by atoms with Gasteiger partial charge in [-0.15, -0.1) is 0 Å². The maximum atomic E-state index is 12.5. The second-order valence-electron chi connectivity index (χ2n) is 18.8. The van der Waals surface area contributed by atoms with Gasteiger partial charge < -0.3 is 20.6 Å². The average molecular weight is 870 g/mol. The number of amides is 1. The molecule has 0 saturated carbocycles. The summed E-state index contributed by atoms with van der Waals surface area (Å²) in [5.74, 6) is -0.325. The van der Waals surface area contributed by atoms with Crippen LogP contribution in [0.15, 0.2) is 48.6 Å². The molecule has 0 aromatic carbocycles. The second-order valence-corrected chi connectivity index (χ2v) is 18.8. The van der Waals surface area contributed by atoms with Gasteiger partial charge in [-0.25, -0.2) is 0 Å². The number of unbranched alkanes of at least 4 members (excludes halogenated alkanes) is 35. The second kappa shape index (κ2) is 51.9. The van der Waals surface area contributed by atoms with E-state index in [0.29, 0.717) is 6.42 Å². The van der Waals surface area contributed by atoms with Crippen LogP contribution in [0.1, 0.15) is 284 Å². The maximum absolute atomic E-state index is 12.5. The molecule has 0 aliphatic heterocycles. The zero-order valence-electron chi connectivity index (χ0n) is 41.5. The number of carbonyl (C=O) groups is 1. The summed E-state index contributed by atoms with van der Waals surface area (Å²) in [4.78, 5) is 12.5. The molecule has 364 valence electrons. The Morgan fingerprint density at radius 2 is 0.742 bits per heavy atom. The molecule has 0 aromatic rings. The SMILES string of the molecule is CCCCCCCC/C=C/CC/C=C/C(O)C(CO)NC(=O)CC(O)CCCCCCCCCCCCCCCCC/C=C\C/C=C\CCCCCCCCCCCCCCC. The number of hydrogen-bond acceptors (Lipinski definition) is 4. The smallest absolute Gasteiger partial charge is 0.222 e. The van der Waals surface area contributed by atoms with Crippen molar-refractivity contribution in [3.63, 3.8) is 0 Å². The number of hydrogen-bond donors (Lipinski definition) is 4. The highest BCUT2D eigenvalue weighted by Crippen LogP contribution is 2.16. The normalized spacial score (nSPS) is 13.7. The molecule has 1 amide bonds. The minimum absolute atomic E-state index is 0.00573. The Bertz CT molecular complexity index is 1000. The molecule has 0 spiro atoms. The fraction of sp³-hybridized carbons (Fsp3) is 0.842. The molecule has 0 bridgehead atoms. The van der Waals surface area contributed by atoms with E-state index in [9.17, 15) is 20.1 Å². The van der Waals surface area contributed by atoms with E-state index in [-0.39, 0.29) is 18.9 Å². The van der Waals surface area contributed by atoms with Crippen LogP contribution in [0.25, 0.3) is 0 Å². The van der Waals surface area contributed by atoms with E-state index in [1.54, 1.807) is 6.08 Å². The van der Waals surface area contributed by atoms with Crippen LogP contribution in [0.4, 0.5) is 0 Å². The predicted octanol–water partition coefficient (Wildman–Crippen LogP) is 16.8. The highest BCUT2D eigenvalue weighted by Gasteiger charge is 2.20. The van der Waals surface area contributed by atoms with Gasteiger partial charge in [0.1, 0.15) is 0 Å². The molecule has 0 fully saturated rings. The van der Waals surface area contributed by atoms with Crippen LogP contribution in [-0.4, -0.2) is 46.1 Å². The highest BCUT2D eigenvalue weighted by molar-refractivity contribution is 5.76. The largest absolute Gasteiger partial charge is 0.394 e. The number of carbonyl (C=O) groups excluding carboxylic acids is 1. The van der Waals surface area contributed by atoms with Crippen molar-refractivity contribution in [3.8, 4) is 0 Å². The van der Waals surface area contributed by atoms with Crippen molar-refractivity contribution >= 4 is 5.91 Å². The molecule has 0 aromatic heterocycles. The van der Waals surface area contributed by atoms with E-state index in [1.165, 1.54) is 218 Å². The lowest BCUT2D eigenvalue weighted by molar-refractivity contribution is -0.124. The monoisotopic (exact) mass is 870 g/mol. The van der Waals surface area contributed by atoms with Gasteiger partial charge in [0.05, 0.1) is 31.3 Å². The van der Waals surface area contributed by atoms with E-state index in [1.807, 2.05) is 6.08 Å². The molecule has 0 aliphatic rings. The van der Waals surface area contributed by atoms with Gasteiger partial charge >= 0.3 is 0 Å². The summed E-state index contributed by atoms with van der Waals surface area (Å²) in [6, 6.07) is -0.761. The molecule has 3 atom stereocenters. The first-order chi connectivity index (χ1) is 30.5. The van der Waals surface area contributed by atoms with Gasteiger partial charge in [0.15, 0.2) is 0 Å². The Morgan fingerprint density at radius 1 is 0.419 bits per heavy atom. The molecular formula is C57H107NO4. The molecule has 3 unspecified atom stereocenters. The maximum Gasteiger partial charge on any atom is 0.222 e. The lowest BCUT2D eigenvalue weighted by Crippen LogP contribution is -2.45. The van der Waals surface area contributed by atoms with E-state index in [2.05, 4.69) is 55.6 Å². The van der Waals surface area contributed by atoms with Crippen molar-refractivity contribution in [1.82, 2.24) is 5.32 Å². The zero-order chi connectivity index (χ0) is 45.1. The van der Waals surface area contributed by atoms with Crippen LogP contribution in [0.5, 0.6) is 0 Å². The van der Waals surface area contributed by atoms with Crippen molar-refractivity contribution < 1.29 is 20.1 Å². The molecule has 0 heterocycles. The number of allylic oxidation sites excluding steroid dienone is 7. The Hall–Kier alpha value is -1.69. The third-order valence-corrected chi connectivity index (χ3v) is 12.6. The summed E-state index contributed by atoms with van der Waals surface area (Å²) in [5.41, 5.74) is 0. The first kappa shape index (κ1) is 60.3. The molecule has 62 heavy (non-hydrogen) atoms. The highest BCUT2D eigenvalue weighted by atomic mass is 16.3. The quantitative estimate of drug-likeness (QED) is 0.0362. The summed E-state index contributed by atoms with van der Waals surface area (Å²) >= 11 is 0. The van der Waals surface area contributed by atoms with Crippen molar-refractivity contribution in [2.24, 2.45) is 0 Å². The fourth-order valence-corrected chi connectivity index (χ4v) is 8.39. The van der Waals surface area contributed by atoms with E-state index < -0.39 is 18.2 Å². The minimum atomic E-state index is -0.951. The number of nitrogens with one attached hydrogen (secondary N) is 1. The summed E-state index contributed by atoms with van der Waals surface area (Å²) in [6.45, 7) is 4.20. The average Bonchev–Trinajstić information content (AvgIpc) is 3.27. The lowest BCUT2D eigenvalue weighted by atomic mass is 10.0. The van der Waals surface area contributed by atoms with Crippen molar-refractivity contribution in [2.45, 2.75) is 302 Å². The Kier molecular flexibility index (Phi) is 50.5. The Balaban J connectivity index is 3.51. The molecule has 0 saturated heterocycles. The first-order valence-corrected chi connectivity index (χ1v) is 27.4. The Labute approximate surface area is 387 Å².